The third-order valence-corrected chi connectivity index (χ3v) is 8.03. The number of fused-ring (bicyclic) bond motifs is 1. The lowest BCUT2D eigenvalue weighted by atomic mass is 9.90. The van der Waals surface area contributed by atoms with Crippen LogP contribution >= 0.6 is 23.1 Å². The van der Waals surface area contributed by atoms with E-state index >= 15 is 0 Å². The van der Waals surface area contributed by atoms with E-state index in [2.05, 4.69) is 37.4 Å². The Hall–Kier alpha value is -2.63. The molecule has 0 fully saturated rings. The Bertz CT molecular complexity index is 1290. The van der Waals surface area contributed by atoms with Crippen LogP contribution in [0.4, 0.5) is 0 Å². The van der Waals surface area contributed by atoms with Gasteiger partial charge >= 0.3 is 0 Å². The Kier molecular flexibility index (Phi) is 6.82. The van der Waals surface area contributed by atoms with Crippen LogP contribution in [0.1, 0.15) is 38.8 Å². The summed E-state index contributed by atoms with van der Waals surface area (Å²) >= 11 is 2.64. The van der Waals surface area contributed by atoms with Gasteiger partial charge in [0, 0.05) is 18.0 Å². The predicted octanol–water partition coefficient (Wildman–Crippen LogP) is 4.81. The molecule has 0 spiro atoms. The van der Waals surface area contributed by atoms with Crippen molar-refractivity contribution in [2.75, 3.05) is 0 Å². The molecule has 8 heteroatoms. The van der Waals surface area contributed by atoms with E-state index in [9.17, 15) is 14.9 Å². The molecule has 0 radical (unpaired) electrons. The molecule has 1 aromatic carbocycles. The number of carbonyl (C=O) groups excluding carboxylic acids is 1. The van der Waals surface area contributed by atoms with E-state index in [0.29, 0.717) is 15.4 Å². The first-order chi connectivity index (χ1) is 15.0. The van der Waals surface area contributed by atoms with Crippen molar-refractivity contribution >= 4 is 39.2 Å². The number of hydrogen-bond donors (Lipinski definition) is 1. The van der Waals surface area contributed by atoms with Gasteiger partial charge in [0.15, 0.2) is 5.16 Å². The van der Waals surface area contributed by atoms with E-state index in [1.807, 2.05) is 25.3 Å². The van der Waals surface area contributed by atoms with Crippen molar-refractivity contribution in [2.24, 2.45) is 13.0 Å². The molecule has 2 atom stereocenters. The lowest BCUT2D eigenvalue weighted by Gasteiger charge is -2.28. The van der Waals surface area contributed by atoms with Gasteiger partial charge in [-0.2, -0.15) is 5.26 Å². The minimum Gasteiger partial charge on any atom is -0.337 e. The molecule has 1 N–H and O–H groups in total. The second-order valence-electron chi connectivity index (χ2n) is 8.61. The molecule has 2 heterocycles. The Morgan fingerprint density at radius 2 is 1.97 bits per heavy atom. The molecular weight excluding hydrogens is 440 g/mol. The summed E-state index contributed by atoms with van der Waals surface area (Å²) in [6.45, 7) is 11.4. The van der Waals surface area contributed by atoms with Gasteiger partial charge in [-0.3, -0.25) is 14.2 Å². The van der Waals surface area contributed by atoms with E-state index in [1.165, 1.54) is 38.8 Å². The van der Waals surface area contributed by atoms with Gasteiger partial charge in [-0.1, -0.05) is 43.8 Å². The van der Waals surface area contributed by atoms with E-state index in [0.717, 1.165) is 11.1 Å². The van der Waals surface area contributed by atoms with Gasteiger partial charge in [0.2, 0.25) is 5.91 Å². The largest absolute Gasteiger partial charge is 0.337 e. The average Bonchev–Trinajstić information content (AvgIpc) is 3.17. The molecule has 0 saturated heterocycles. The second kappa shape index (κ2) is 9.08. The van der Waals surface area contributed by atoms with Crippen LogP contribution in [-0.4, -0.2) is 26.2 Å². The molecule has 6 nitrogen and oxygen atoms in total. The van der Waals surface area contributed by atoms with Crippen molar-refractivity contribution in [1.82, 2.24) is 14.9 Å². The van der Waals surface area contributed by atoms with Crippen LogP contribution in [-0.2, 0) is 11.8 Å². The maximum atomic E-state index is 13.2. The summed E-state index contributed by atoms with van der Waals surface area (Å²) in [5.74, 6) is -0.300. The summed E-state index contributed by atoms with van der Waals surface area (Å²) in [7, 11) is 1.68. The molecule has 1 amide bonds. The van der Waals surface area contributed by atoms with Crippen molar-refractivity contribution in [3.8, 4) is 17.2 Å². The number of hydrogen-bond acceptors (Lipinski definition) is 6. The summed E-state index contributed by atoms with van der Waals surface area (Å²) in [4.78, 5) is 31.3. The van der Waals surface area contributed by atoms with Crippen molar-refractivity contribution in [3.63, 3.8) is 0 Å². The maximum absolute atomic E-state index is 13.2. The molecule has 0 aliphatic rings. The SMILES string of the molecule is Cc1ccc(-c2csc3nc(SC(C)C(=O)NC(C)(C#N)C(C)C)n(C)c(=O)c23)cc1C. The van der Waals surface area contributed by atoms with Crippen LogP contribution in [0.5, 0.6) is 0 Å². The van der Waals surface area contributed by atoms with Crippen LogP contribution < -0.4 is 10.9 Å². The van der Waals surface area contributed by atoms with Crippen molar-refractivity contribution in [1.29, 1.82) is 5.26 Å². The van der Waals surface area contributed by atoms with Gasteiger partial charge in [-0.05, 0) is 50.3 Å². The van der Waals surface area contributed by atoms with E-state index in [-0.39, 0.29) is 17.4 Å². The van der Waals surface area contributed by atoms with Crippen LogP contribution in [0.3, 0.4) is 0 Å². The molecule has 3 rings (SSSR count). The normalized spacial score (nSPS) is 14.2. The van der Waals surface area contributed by atoms with Gasteiger partial charge in [0.1, 0.15) is 10.4 Å². The van der Waals surface area contributed by atoms with Crippen molar-refractivity contribution in [2.45, 2.75) is 57.5 Å². The number of nitriles is 1. The quantitative estimate of drug-likeness (QED) is 0.414. The number of thioether (sulfide) groups is 1. The molecule has 2 unspecified atom stereocenters. The smallest absolute Gasteiger partial charge is 0.263 e. The highest BCUT2D eigenvalue weighted by atomic mass is 32.2. The van der Waals surface area contributed by atoms with E-state index in [1.54, 1.807) is 20.9 Å². The zero-order valence-electron chi connectivity index (χ0n) is 19.4. The predicted molar refractivity (Wildman–Crippen MR) is 132 cm³/mol. The van der Waals surface area contributed by atoms with Gasteiger partial charge in [-0.25, -0.2) is 4.98 Å². The Labute approximate surface area is 196 Å². The monoisotopic (exact) mass is 468 g/mol. The summed E-state index contributed by atoms with van der Waals surface area (Å²) in [5, 5.41) is 14.8. The van der Waals surface area contributed by atoms with E-state index in [4.69, 9.17) is 4.98 Å². The summed E-state index contributed by atoms with van der Waals surface area (Å²) in [6, 6.07) is 8.36. The second-order valence-corrected chi connectivity index (χ2v) is 10.8. The van der Waals surface area contributed by atoms with Crippen molar-refractivity contribution < 1.29 is 4.79 Å². The fourth-order valence-electron chi connectivity index (χ4n) is 3.15. The summed E-state index contributed by atoms with van der Waals surface area (Å²) in [6.07, 6.45) is 0. The highest BCUT2D eigenvalue weighted by molar-refractivity contribution is 8.00. The number of aryl methyl sites for hydroxylation is 2. The molecule has 0 aliphatic carbocycles. The first-order valence-electron chi connectivity index (χ1n) is 10.4. The average molecular weight is 469 g/mol. The fraction of sp³-hybridized carbons (Fsp3) is 0.417. The lowest BCUT2D eigenvalue weighted by molar-refractivity contribution is -0.121. The number of thiophene rings is 1. The topological polar surface area (TPSA) is 87.8 Å². The van der Waals surface area contributed by atoms with Crippen LogP contribution in [0.2, 0.25) is 0 Å². The molecular formula is C24H28N4O2S2. The van der Waals surface area contributed by atoms with Gasteiger partial charge in [-0.15, -0.1) is 11.3 Å². The van der Waals surface area contributed by atoms with E-state index < -0.39 is 10.8 Å². The van der Waals surface area contributed by atoms with Gasteiger partial charge < -0.3 is 5.32 Å². The summed E-state index contributed by atoms with van der Waals surface area (Å²) in [5.41, 5.74) is 3.16. The number of aromatic nitrogens is 2. The maximum Gasteiger partial charge on any atom is 0.263 e. The van der Waals surface area contributed by atoms with Gasteiger partial charge in [0.25, 0.3) is 5.56 Å². The molecule has 168 valence electrons. The van der Waals surface area contributed by atoms with Crippen LogP contribution in [0, 0.1) is 31.1 Å². The number of rotatable bonds is 6. The molecule has 0 aliphatic heterocycles. The van der Waals surface area contributed by atoms with Crippen molar-refractivity contribution in [3.05, 3.63) is 45.1 Å². The zero-order valence-corrected chi connectivity index (χ0v) is 21.1. The standard InChI is InChI=1S/C24H28N4O2S2/c1-13(2)24(6,12-25)27-20(29)16(5)32-23-26-21-19(22(30)28(23)7)18(11-31-21)17-9-8-14(3)15(4)10-17/h8-11,13,16H,1-7H3,(H,27,29). The number of nitrogens with one attached hydrogen (secondary N) is 1. The van der Waals surface area contributed by atoms with Crippen LogP contribution in [0.15, 0.2) is 33.5 Å². The molecule has 32 heavy (non-hydrogen) atoms. The highest BCUT2D eigenvalue weighted by Gasteiger charge is 2.32. The molecule has 0 bridgehead atoms. The number of carbonyl (C=O) groups is 1. The Morgan fingerprint density at radius 3 is 2.56 bits per heavy atom. The minimum atomic E-state index is -0.954. The number of nitrogens with zero attached hydrogens (tertiary/aromatic N) is 3. The fourth-order valence-corrected chi connectivity index (χ4v) is 5.01. The number of amides is 1. The Balaban J connectivity index is 1.94. The van der Waals surface area contributed by atoms with Crippen LogP contribution in [0.25, 0.3) is 21.3 Å². The first-order valence-corrected chi connectivity index (χ1v) is 12.2. The minimum absolute atomic E-state index is 0.0394. The Morgan fingerprint density at radius 1 is 1.28 bits per heavy atom. The molecule has 0 saturated carbocycles. The summed E-state index contributed by atoms with van der Waals surface area (Å²) < 4.78 is 1.50. The zero-order chi connectivity index (χ0) is 23.8. The third kappa shape index (κ3) is 4.45. The first kappa shape index (κ1) is 24.0. The highest BCUT2D eigenvalue weighted by Crippen LogP contribution is 2.33. The number of benzene rings is 1. The third-order valence-electron chi connectivity index (χ3n) is 6.01. The molecule has 3 aromatic rings. The molecule has 2 aromatic heterocycles. The lowest BCUT2D eigenvalue weighted by Crippen LogP contribution is -2.51. The van der Waals surface area contributed by atoms with Gasteiger partial charge in [0.05, 0.1) is 16.7 Å².